The molecule has 6 nitrogen and oxygen atoms in total. The van der Waals surface area contributed by atoms with Crippen molar-refractivity contribution in [3.05, 3.63) is 66.9 Å². The lowest BCUT2D eigenvalue weighted by molar-refractivity contribution is 0.102. The fourth-order valence-electron chi connectivity index (χ4n) is 2.46. The molecule has 0 aliphatic carbocycles. The van der Waals surface area contributed by atoms with Crippen LogP contribution in [0.25, 0.3) is 22.0 Å². The molecule has 1 amide bonds. The summed E-state index contributed by atoms with van der Waals surface area (Å²) in [7, 11) is 1.93. The van der Waals surface area contributed by atoms with Crippen molar-refractivity contribution >= 4 is 22.4 Å². The molecule has 124 valence electrons. The number of rotatable bonds is 4. The SMILES string of the molecule is Cn1ccnc1-c1sc(NC(=O)c2ccoc2)nc1-c1ccccc1. The minimum absolute atomic E-state index is 0.256. The third kappa shape index (κ3) is 2.97. The van der Waals surface area contributed by atoms with Crippen LogP contribution in [-0.4, -0.2) is 20.4 Å². The molecule has 0 saturated heterocycles. The number of aromatic nitrogens is 3. The first-order valence-corrected chi connectivity index (χ1v) is 8.41. The Morgan fingerprint density at radius 2 is 2.08 bits per heavy atom. The molecule has 0 bridgehead atoms. The summed E-state index contributed by atoms with van der Waals surface area (Å²) < 4.78 is 6.89. The fraction of sp³-hybridized carbons (Fsp3) is 0.0556. The van der Waals surface area contributed by atoms with Gasteiger partial charge in [0.05, 0.1) is 22.4 Å². The number of benzene rings is 1. The van der Waals surface area contributed by atoms with Crippen molar-refractivity contribution in [3.63, 3.8) is 0 Å². The number of furan rings is 1. The summed E-state index contributed by atoms with van der Waals surface area (Å²) in [5.74, 6) is 0.550. The van der Waals surface area contributed by atoms with E-state index in [4.69, 9.17) is 4.42 Å². The van der Waals surface area contributed by atoms with E-state index in [-0.39, 0.29) is 5.91 Å². The molecule has 4 rings (SSSR count). The predicted molar refractivity (Wildman–Crippen MR) is 96.4 cm³/mol. The predicted octanol–water partition coefficient (Wildman–Crippen LogP) is 4.06. The summed E-state index contributed by atoms with van der Waals surface area (Å²) in [5.41, 5.74) is 2.22. The lowest BCUT2D eigenvalue weighted by Crippen LogP contribution is -2.10. The summed E-state index contributed by atoms with van der Waals surface area (Å²) in [6, 6.07) is 11.5. The first-order valence-electron chi connectivity index (χ1n) is 7.60. The third-order valence-electron chi connectivity index (χ3n) is 3.70. The van der Waals surface area contributed by atoms with E-state index in [9.17, 15) is 4.79 Å². The molecule has 1 aromatic carbocycles. The zero-order valence-electron chi connectivity index (χ0n) is 13.3. The lowest BCUT2D eigenvalue weighted by atomic mass is 10.1. The van der Waals surface area contributed by atoms with Crippen LogP contribution in [0.2, 0.25) is 0 Å². The summed E-state index contributed by atoms with van der Waals surface area (Å²) in [6.45, 7) is 0. The second-order valence-corrected chi connectivity index (χ2v) is 6.39. The number of carbonyl (C=O) groups excluding carboxylic acids is 1. The maximum absolute atomic E-state index is 12.3. The maximum Gasteiger partial charge on any atom is 0.260 e. The lowest BCUT2D eigenvalue weighted by Gasteiger charge is -2.02. The molecule has 1 N–H and O–H groups in total. The minimum Gasteiger partial charge on any atom is -0.472 e. The van der Waals surface area contributed by atoms with Crippen LogP contribution in [0.4, 0.5) is 5.13 Å². The third-order valence-corrected chi connectivity index (χ3v) is 4.67. The van der Waals surface area contributed by atoms with E-state index in [2.05, 4.69) is 15.3 Å². The molecule has 3 heterocycles. The highest BCUT2D eigenvalue weighted by Gasteiger charge is 2.19. The summed E-state index contributed by atoms with van der Waals surface area (Å²) >= 11 is 1.39. The van der Waals surface area contributed by atoms with E-state index in [0.717, 1.165) is 22.0 Å². The Balaban J connectivity index is 1.76. The molecule has 7 heteroatoms. The van der Waals surface area contributed by atoms with Gasteiger partial charge in [-0.05, 0) is 6.07 Å². The van der Waals surface area contributed by atoms with E-state index < -0.39 is 0 Å². The zero-order valence-corrected chi connectivity index (χ0v) is 14.2. The van der Waals surface area contributed by atoms with Gasteiger partial charge >= 0.3 is 0 Å². The molecule has 0 aliphatic heterocycles. The van der Waals surface area contributed by atoms with Crippen LogP contribution >= 0.6 is 11.3 Å². The van der Waals surface area contributed by atoms with Gasteiger partial charge in [-0.2, -0.15) is 0 Å². The molecule has 0 spiro atoms. The van der Waals surface area contributed by atoms with E-state index >= 15 is 0 Å². The Bertz CT molecular complexity index is 1000. The van der Waals surface area contributed by atoms with Crippen LogP contribution in [0.5, 0.6) is 0 Å². The average Bonchev–Trinajstić information content (AvgIpc) is 3.35. The summed E-state index contributed by atoms with van der Waals surface area (Å²) in [4.78, 5) is 22.2. The van der Waals surface area contributed by atoms with Crippen LogP contribution in [0.3, 0.4) is 0 Å². The summed E-state index contributed by atoms with van der Waals surface area (Å²) in [5, 5.41) is 3.34. The normalized spacial score (nSPS) is 10.8. The van der Waals surface area contributed by atoms with Gasteiger partial charge < -0.3 is 8.98 Å². The topological polar surface area (TPSA) is 73.0 Å². The number of imidazole rings is 1. The van der Waals surface area contributed by atoms with Gasteiger partial charge in [0.15, 0.2) is 11.0 Å². The van der Waals surface area contributed by atoms with E-state index in [1.165, 1.54) is 23.9 Å². The quantitative estimate of drug-likeness (QED) is 0.602. The Morgan fingerprint density at radius 1 is 1.24 bits per heavy atom. The molecule has 0 unspecified atom stereocenters. The monoisotopic (exact) mass is 350 g/mol. The van der Waals surface area contributed by atoms with Crippen LogP contribution in [0.15, 0.2) is 65.7 Å². The molecule has 0 fully saturated rings. The van der Waals surface area contributed by atoms with Gasteiger partial charge in [-0.3, -0.25) is 10.1 Å². The standard InChI is InChI=1S/C18H14N4O2S/c1-22-9-8-19-16(22)15-14(12-5-3-2-4-6-12)20-18(25-15)21-17(23)13-7-10-24-11-13/h2-11H,1H3,(H,20,21,23). The highest BCUT2D eigenvalue weighted by atomic mass is 32.1. The number of amides is 1. The van der Waals surface area contributed by atoms with Crippen LogP contribution in [-0.2, 0) is 7.05 Å². The molecule has 0 aliphatic rings. The zero-order chi connectivity index (χ0) is 17.2. The molecule has 3 aromatic heterocycles. The minimum atomic E-state index is -0.256. The van der Waals surface area contributed by atoms with Crippen molar-refractivity contribution in [1.29, 1.82) is 0 Å². The van der Waals surface area contributed by atoms with Gasteiger partial charge in [0.2, 0.25) is 0 Å². The number of nitrogens with zero attached hydrogens (tertiary/aromatic N) is 3. The number of carbonyl (C=O) groups is 1. The molecular formula is C18H14N4O2S. The Morgan fingerprint density at radius 3 is 2.76 bits per heavy atom. The number of anilines is 1. The number of hydrogen-bond donors (Lipinski definition) is 1. The summed E-state index contributed by atoms with van der Waals surface area (Å²) in [6.07, 6.45) is 6.49. The maximum atomic E-state index is 12.3. The van der Waals surface area contributed by atoms with Crippen molar-refractivity contribution in [1.82, 2.24) is 14.5 Å². The largest absolute Gasteiger partial charge is 0.472 e. The van der Waals surface area contributed by atoms with Gasteiger partial charge in [0, 0.05) is 25.0 Å². The smallest absolute Gasteiger partial charge is 0.260 e. The van der Waals surface area contributed by atoms with Crippen LogP contribution < -0.4 is 5.32 Å². The first-order chi connectivity index (χ1) is 12.2. The van der Waals surface area contributed by atoms with E-state index in [1.807, 2.05) is 48.1 Å². The van der Waals surface area contributed by atoms with Gasteiger partial charge in [0.1, 0.15) is 6.26 Å². The van der Waals surface area contributed by atoms with Crippen LogP contribution in [0.1, 0.15) is 10.4 Å². The van der Waals surface area contributed by atoms with Gasteiger partial charge in [0.25, 0.3) is 5.91 Å². The van der Waals surface area contributed by atoms with Gasteiger partial charge in [-0.25, -0.2) is 9.97 Å². The number of hydrogen-bond acceptors (Lipinski definition) is 5. The number of thiazole rings is 1. The molecule has 0 saturated carbocycles. The molecule has 25 heavy (non-hydrogen) atoms. The van der Waals surface area contributed by atoms with Crippen molar-refractivity contribution < 1.29 is 9.21 Å². The van der Waals surface area contributed by atoms with E-state index in [0.29, 0.717) is 10.7 Å². The Kier molecular flexibility index (Phi) is 3.91. The van der Waals surface area contributed by atoms with Crippen LogP contribution in [0, 0.1) is 0 Å². The van der Waals surface area contributed by atoms with Crippen molar-refractivity contribution in [3.8, 4) is 22.0 Å². The fourth-order valence-corrected chi connectivity index (χ4v) is 3.49. The number of nitrogens with one attached hydrogen (secondary N) is 1. The van der Waals surface area contributed by atoms with E-state index in [1.54, 1.807) is 12.3 Å². The Labute approximate surface area is 147 Å². The molecule has 0 radical (unpaired) electrons. The highest BCUT2D eigenvalue weighted by Crippen LogP contribution is 2.38. The molecular weight excluding hydrogens is 336 g/mol. The van der Waals surface area contributed by atoms with Crippen molar-refractivity contribution in [2.75, 3.05) is 5.32 Å². The van der Waals surface area contributed by atoms with Crippen molar-refractivity contribution in [2.45, 2.75) is 0 Å². The highest BCUT2D eigenvalue weighted by molar-refractivity contribution is 7.19. The van der Waals surface area contributed by atoms with Gasteiger partial charge in [-0.15, -0.1) is 0 Å². The molecule has 4 aromatic rings. The second-order valence-electron chi connectivity index (χ2n) is 5.39. The second kappa shape index (κ2) is 6.37. The number of aryl methyl sites for hydroxylation is 1. The Hall–Kier alpha value is -3.19. The first kappa shape index (κ1) is 15.3. The average molecular weight is 350 g/mol. The van der Waals surface area contributed by atoms with Crippen molar-refractivity contribution in [2.24, 2.45) is 7.05 Å². The van der Waals surface area contributed by atoms with Gasteiger partial charge in [-0.1, -0.05) is 41.7 Å². The molecule has 0 atom stereocenters.